The van der Waals surface area contributed by atoms with Crippen LogP contribution in [0.1, 0.15) is 12.0 Å². The second kappa shape index (κ2) is 7.49. The topological polar surface area (TPSA) is 45.6 Å². The average Bonchev–Trinajstić information content (AvgIpc) is 2.53. The number of fused-ring (bicyclic) bond motifs is 1. The molecule has 1 aliphatic heterocycles. The first-order valence-corrected chi connectivity index (χ1v) is 6.95. The second-order valence-electron chi connectivity index (χ2n) is 4.83. The molecule has 112 valence electrons. The molecule has 5 heteroatoms. The zero-order valence-corrected chi connectivity index (χ0v) is 14.4. The highest BCUT2D eigenvalue weighted by Crippen LogP contribution is 2.27. The van der Waals surface area contributed by atoms with Gasteiger partial charge in [0.25, 0.3) is 0 Å². The van der Waals surface area contributed by atoms with Gasteiger partial charge < -0.3 is 15.4 Å². The second-order valence-corrected chi connectivity index (χ2v) is 4.83. The van der Waals surface area contributed by atoms with Gasteiger partial charge in [-0.25, -0.2) is 0 Å². The number of nitrogens with one attached hydrogen (secondary N) is 2. The molecule has 21 heavy (non-hydrogen) atoms. The Morgan fingerprint density at radius 2 is 2.10 bits per heavy atom. The van der Waals surface area contributed by atoms with Crippen molar-refractivity contribution in [2.75, 3.05) is 20.2 Å². The fourth-order valence-corrected chi connectivity index (χ4v) is 2.51. The lowest BCUT2D eigenvalue weighted by Gasteiger charge is -2.18. The van der Waals surface area contributed by atoms with Crippen LogP contribution < -0.4 is 15.4 Å². The Bertz CT molecular complexity index is 642. The van der Waals surface area contributed by atoms with Gasteiger partial charge >= 0.3 is 0 Å². The van der Waals surface area contributed by atoms with Crippen LogP contribution in [0, 0.1) is 0 Å². The monoisotopic (exact) mass is 397 g/mol. The summed E-state index contributed by atoms with van der Waals surface area (Å²) in [6.45, 7) is 2.58. The van der Waals surface area contributed by atoms with Crippen molar-refractivity contribution in [3.8, 4) is 5.75 Å². The predicted octanol–water partition coefficient (Wildman–Crippen LogP) is 2.91. The van der Waals surface area contributed by atoms with Gasteiger partial charge in [0.1, 0.15) is 5.75 Å². The van der Waals surface area contributed by atoms with Gasteiger partial charge in [-0.05, 0) is 23.3 Å². The first kappa shape index (κ1) is 15.9. The zero-order chi connectivity index (χ0) is 13.8. The van der Waals surface area contributed by atoms with E-state index in [4.69, 9.17) is 4.74 Å². The standard InChI is InChI=1S/C16H19N3O.HI/c1-20-15-8-7-12-5-2-3-6-13(12)14(15)11-19-16-17-9-4-10-18-16;/h2-3,5-8H,4,9-11H2,1H3,(H2,17,18,19);1H. The van der Waals surface area contributed by atoms with Gasteiger partial charge in [-0.2, -0.15) is 0 Å². The predicted molar refractivity (Wildman–Crippen MR) is 97.7 cm³/mol. The summed E-state index contributed by atoms with van der Waals surface area (Å²) in [5.74, 6) is 1.79. The van der Waals surface area contributed by atoms with Crippen LogP contribution in [-0.2, 0) is 6.54 Å². The van der Waals surface area contributed by atoms with Gasteiger partial charge in [0, 0.05) is 25.2 Å². The van der Waals surface area contributed by atoms with Crippen molar-refractivity contribution >= 4 is 40.7 Å². The number of nitrogens with zero attached hydrogens (tertiary/aromatic N) is 1. The highest BCUT2D eigenvalue weighted by atomic mass is 127. The number of ether oxygens (including phenoxy) is 1. The highest BCUT2D eigenvalue weighted by Gasteiger charge is 2.10. The molecular formula is C16H20IN3O. The fraction of sp³-hybridized carbons (Fsp3) is 0.312. The molecule has 1 aliphatic rings. The molecule has 2 N–H and O–H groups in total. The number of rotatable bonds is 3. The maximum atomic E-state index is 5.49. The van der Waals surface area contributed by atoms with Crippen LogP contribution in [0.5, 0.6) is 5.75 Å². The largest absolute Gasteiger partial charge is 0.496 e. The summed E-state index contributed by atoms with van der Waals surface area (Å²) in [5, 5.41) is 9.08. The van der Waals surface area contributed by atoms with Crippen LogP contribution in [0.2, 0.25) is 0 Å². The van der Waals surface area contributed by atoms with Gasteiger partial charge in [-0.3, -0.25) is 4.99 Å². The molecule has 4 nitrogen and oxygen atoms in total. The van der Waals surface area contributed by atoms with Crippen LogP contribution in [-0.4, -0.2) is 26.2 Å². The minimum atomic E-state index is 0. The third kappa shape index (κ3) is 3.58. The van der Waals surface area contributed by atoms with Crippen molar-refractivity contribution in [3.05, 3.63) is 42.0 Å². The summed E-state index contributed by atoms with van der Waals surface area (Å²) in [6, 6.07) is 12.5. The molecule has 0 aliphatic carbocycles. The van der Waals surface area contributed by atoms with E-state index in [9.17, 15) is 0 Å². The maximum Gasteiger partial charge on any atom is 0.191 e. The van der Waals surface area contributed by atoms with Gasteiger partial charge in [-0.1, -0.05) is 30.3 Å². The first-order valence-electron chi connectivity index (χ1n) is 6.95. The van der Waals surface area contributed by atoms with Crippen molar-refractivity contribution in [1.29, 1.82) is 0 Å². The van der Waals surface area contributed by atoms with Crippen LogP contribution in [0.15, 0.2) is 41.4 Å². The van der Waals surface area contributed by atoms with Crippen molar-refractivity contribution in [2.45, 2.75) is 13.0 Å². The van der Waals surface area contributed by atoms with Gasteiger partial charge in [-0.15, -0.1) is 24.0 Å². The van der Waals surface area contributed by atoms with E-state index >= 15 is 0 Å². The van der Waals surface area contributed by atoms with Crippen LogP contribution >= 0.6 is 24.0 Å². The van der Waals surface area contributed by atoms with Gasteiger partial charge in [0.15, 0.2) is 5.96 Å². The minimum Gasteiger partial charge on any atom is -0.496 e. The van der Waals surface area contributed by atoms with E-state index < -0.39 is 0 Å². The third-order valence-electron chi connectivity index (χ3n) is 3.55. The lowest BCUT2D eigenvalue weighted by atomic mass is 10.0. The smallest absolute Gasteiger partial charge is 0.191 e. The minimum absolute atomic E-state index is 0. The Balaban J connectivity index is 0.00000161. The lowest BCUT2D eigenvalue weighted by molar-refractivity contribution is 0.410. The van der Waals surface area contributed by atoms with Crippen molar-refractivity contribution in [3.63, 3.8) is 0 Å². The van der Waals surface area contributed by atoms with Crippen LogP contribution in [0.4, 0.5) is 0 Å². The van der Waals surface area contributed by atoms with Crippen molar-refractivity contribution in [2.24, 2.45) is 4.99 Å². The van der Waals surface area contributed by atoms with E-state index in [2.05, 4.69) is 46.0 Å². The number of halogens is 1. The third-order valence-corrected chi connectivity index (χ3v) is 3.55. The van der Waals surface area contributed by atoms with E-state index in [1.54, 1.807) is 7.11 Å². The Morgan fingerprint density at radius 1 is 1.24 bits per heavy atom. The Morgan fingerprint density at radius 3 is 2.86 bits per heavy atom. The van der Waals surface area contributed by atoms with Gasteiger partial charge in [0.05, 0.1) is 7.11 Å². The average molecular weight is 397 g/mol. The number of methoxy groups -OCH3 is 1. The molecule has 2 aromatic rings. The Kier molecular flexibility index (Phi) is 5.67. The van der Waals surface area contributed by atoms with Crippen LogP contribution in [0.25, 0.3) is 10.8 Å². The van der Waals surface area contributed by atoms with Gasteiger partial charge in [0.2, 0.25) is 0 Å². The molecule has 0 bridgehead atoms. The number of aliphatic imine (C=N–C) groups is 1. The van der Waals surface area contributed by atoms with E-state index in [1.807, 2.05) is 6.07 Å². The molecule has 0 unspecified atom stereocenters. The van der Waals surface area contributed by atoms with Crippen molar-refractivity contribution < 1.29 is 4.74 Å². The maximum absolute atomic E-state index is 5.49. The number of hydrogen-bond donors (Lipinski definition) is 2. The summed E-state index contributed by atoms with van der Waals surface area (Å²) >= 11 is 0. The SMILES string of the molecule is COc1ccc2ccccc2c1CNC1=NCCCN1.I. The molecule has 3 rings (SSSR count). The fourth-order valence-electron chi connectivity index (χ4n) is 2.51. The van der Waals surface area contributed by atoms with E-state index in [0.717, 1.165) is 31.2 Å². The zero-order valence-electron chi connectivity index (χ0n) is 12.1. The lowest BCUT2D eigenvalue weighted by Crippen LogP contribution is -2.40. The molecular weight excluding hydrogens is 377 g/mol. The summed E-state index contributed by atoms with van der Waals surface area (Å²) in [5.41, 5.74) is 1.17. The molecule has 0 fully saturated rings. The molecule has 2 aromatic carbocycles. The molecule has 0 spiro atoms. The number of guanidine groups is 1. The molecule has 0 amide bonds. The molecule has 0 saturated heterocycles. The Hall–Kier alpha value is -1.50. The summed E-state index contributed by atoms with van der Waals surface area (Å²) in [7, 11) is 1.71. The number of hydrogen-bond acceptors (Lipinski definition) is 4. The van der Waals surface area contributed by atoms with E-state index in [1.165, 1.54) is 16.3 Å². The summed E-state index contributed by atoms with van der Waals surface area (Å²) in [4.78, 5) is 4.43. The quantitative estimate of drug-likeness (QED) is 0.784. The normalized spacial score (nSPS) is 13.9. The van der Waals surface area contributed by atoms with E-state index in [0.29, 0.717) is 6.54 Å². The molecule has 0 aromatic heterocycles. The Labute approximate surface area is 142 Å². The van der Waals surface area contributed by atoms with E-state index in [-0.39, 0.29) is 24.0 Å². The molecule has 0 radical (unpaired) electrons. The van der Waals surface area contributed by atoms with Crippen LogP contribution in [0.3, 0.4) is 0 Å². The molecule has 1 heterocycles. The van der Waals surface area contributed by atoms with Crippen molar-refractivity contribution in [1.82, 2.24) is 10.6 Å². The molecule has 0 saturated carbocycles. The number of benzene rings is 2. The molecule has 0 atom stereocenters. The summed E-state index contributed by atoms with van der Waals surface area (Å²) in [6.07, 6.45) is 1.10. The highest BCUT2D eigenvalue weighted by molar-refractivity contribution is 14.0. The first-order chi connectivity index (χ1) is 9.88. The summed E-state index contributed by atoms with van der Waals surface area (Å²) < 4.78 is 5.49.